The third-order valence-electron chi connectivity index (χ3n) is 5.86. The van der Waals surface area contributed by atoms with Gasteiger partial charge in [0.1, 0.15) is 11.5 Å². The first kappa shape index (κ1) is 25.9. The lowest BCUT2D eigenvalue weighted by Crippen LogP contribution is -2.39. The van der Waals surface area contributed by atoms with Gasteiger partial charge >= 0.3 is 0 Å². The molecule has 0 fully saturated rings. The first-order chi connectivity index (χ1) is 19.0. The SMILES string of the molecule is Cc1cc(C)nc(NC(=NCCc2c[nH]c3ccccc23)NC(=S)Nc2ccc(Oc3ccccc3)cc2)n1. The molecule has 5 aromatic rings. The first-order valence-electron chi connectivity index (χ1n) is 12.6. The quantitative estimate of drug-likeness (QED) is 0.109. The Bertz CT molecular complexity index is 1580. The van der Waals surface area contributed by atoms with Crippen LogP contribution in [0.1, 0.15) is 17.0 Å². The van der Waals surface area contributed by atoms with Crippen molar-refractivity contribution in [1.82, 2.24) is 20.3 Å². The molecular weight excluding hydrogens is 506 g/mol. The maximum absolute atomic E-state index is 5.87. The van der Waals surface area contributed by atoms with Crippen LogP contribution in [-0.2, 0) is 6.42 Å². The summed E-state index contributed by atoms with van der Waals surface area (Å²) in [5.41, 5.74) is 4.86. The molecule has 0 radical (unpaired) electrons. The van der Waals surface area contributed by atoms with Crippen LogP contribution in [0, 0.1) is 13.8 Å². The summed E-state index contributed by atoms with van der Waals surface area (Å²) in [5.74, 6) is 2.43. The van der Waals surface area contributed by atoms with E-state index in [0.717, 1.165) is 40.5 Å². The minimum absolute atomic E-state index is 0.384. The first-order valence-corrected chi connectivity index (χ1v) is 13.0. The second kappa shape index (κ2) is 12.2. The molecular formula is C30H29N7OS. The Morgan fingerprint density at radius 1 is 0.872 bits per heavy atom. The zero-order chi connectivity index (χ0) is 27.0. The van der Waals surface area contributed by atoms with Crippen molar-refractivity contribution < 1.29 is 4.74 Å². The van der Waals surface area contributed by atoms with Crippen molar-refractivity contribution in [2.24, 2.45) is 4.99 Å². The molecule has 2 heterocycles. The number of hydrogen-bond acceptors (Lipinski definition) is 5. The van der Waals surface area contributed by atoms with Crippen molar-refractivity contribution in [3.63, 3.8) is 0 Å². The smallest absolute Gasteiger partial charge is 0.229 e. The van der Waals surface area contributed by atoms with Gasteiger partial charge in [0.25, 0.3) is 0 Å². The molecule has 9 heteroatoms. The van der Waals surface area contributed by atoms with Gasteiger partial charge in [0.05, 0.1) is 0 Å². The van der Waals surface area contributed by atoms with Crippen LogP contribution >= 0.6 is 12.2 Å². The van der Waals surface area contributed by atoms with Crippen molar-refractivity contribution in [2.45, 2.75) is 20.3 Å². The lowest BCUT2D eigenvalue weighted by molar-refractivity contribution is 0.483. The van der Waals surface area contributed by atoms with Gasteiger partial charge in [0, 0.05) is 40.7 Å². The van der Waals surface area contributed by atoms with Crippen molar-refractivity contribution in [3.8, 4) is 11.5 Å². The van der Waals surface area contributed by atoms with Gasteiger partial charge in [0.15, 0.2) is 5.11 Å². The number of aromatic amines is 1. The lowest BCUT2D eigenvalue weighted by Gasteiger charge is -2.14. The molecule has 0 amide bonds. The van der Waals surface area contributed by atoms with E-state index in [4.69, 9.17) is 21.9 Å². The normalized spacial score (nSPS) is 11.3. The zero-order valence-corrected chi connectivity index (χ0v) is 22.5. The highest BCUT2D eigenvalue weighted by Crippen LogP contribution is 2.22. The number of rotatable bonds is 7. The van der Waals surface area contributed by atoms with Crippen LogP contribution in [0.15, 0.2) is 96.1 Å². The Hall–Kier alpha value is -4.76. The molecule has 0 bridgehead atoms. The second-order valence-electron chi connectivity index (χ2n) is 8.96. The van der Waals surface area contributed by atoms with Gasteiger partial charge in [0.2, 0.25) is 11.9 Å². The molecule has 0 aliphatic heterocycles. The summed E-state index contributed by atoms with van der Waals surface area (Å²) in [5, 5.41) is 11.1. The lowest BCUT2D eigenvalue weighted by atomic mass is 10.1. The molecule has 0 spiro atoms. The second-order valence-corrected chi connectivity index (χ2v) is 9.37. The predicted molar refractivity (Wildman–Crippen MR) is 162 cm³/mol. The van der Waals surface area contributed by atoms with Gasteiger partial charge in [-0.3, -0.25) is 10.3 Å². The molecule has 0 aliphatic carbocycles. The molecule has 5 rings (SSSR count). The summed E-state index contributed by atoms with van der Waals surface area (Å²) < 4.78 is 5.87. The van der Waals surface area contributed by atoms with Crippen molar-refractivity contribution in [3.05, 3.63) is 108 Å². The maximum atomic E-state index is 5.87. The molecule has 3 aromatic carbocycles. The number of nitrogens with one attached hydrogen (secondary N) is 4. The molecule has 39 heavy (non-hydrogen) atoms. The number of H-pyrrole nitrogens is 1. The van der Waals surface area contributed by atoms with E-state index >= 15 is 0 Å². The van der Waals surface area contributed by atoms with Crippen molar-refractivity contribution in [2.75, 3.05) is 17.2 Å². The molecule has 0 saturated carbocycles. The number of thiocarbonyl (C=S) groups is 1. The third kappa shape index (κ3) is 7.18. The average molecular weight is 536 g/mol. The Balaban J connectivity index is 1.26. The highest BCUT2D eigenvalue weighted by atomic mass is 32.1. The molecule has 2 aromatic heterocycles. The van der Waals surface area contributed by atoms with Gasteiger partial charge in [-0.25, -0.2) is 9.97 Å². The number of fused-ring (bicyclic) bond motifs is 1. The fraction of sp³-hybridized carbons (Fsp3) is 0.133. The highest BCUT2D eigenvalue weighted by Gasteiger charge is 2.09. The Morgan fingerprint density at radius 2 is 1.56 bits per heavy atom. The van der Waals surface area contributed by atoms with E-state index in [9.17, 15) is 0 Å². The van der Waals surface area contributed by atoms with E-state index in [1.54, 1.807) is 0 Å². The number of nitrogens with zero attached hydrogens (tertiary/aromatic N) is 3. The summed E-state index contributed by atoms with van der Waals surface area (Å²) in [6, 6.07) is 27.4. The van der Waals surface area contributed by atoms with E-state index in [1.807, 2.05) is 92.8 Å². The number of benzene rings is 3. The zero-order valence-electron chi connectivity index (χ0n) is 21.7. The molecule has 0 saturated heterocycles. The Kier molecular flexibility index (Phi) is 8.09. The van der Waals surface area contributed by atoms with E-state index in [-0.39, 0.29) is 0 Å². The number of aromatic nitrogens is 3. The van der Waals surface area contributed by atoms with Crippen LogP contribution in [0.2, 0.25) is 0 Å². The number of ether oxygens (including phenoxy) is 1. The number of guanidine groups is 1. The van der Waals surface area contributed by atoms with Crippen molar-refractivity contribution >= 4 is 45.8 Å². The fourth-order valence-corrected chi connectivity index (χ4v) is 4.34. The highest BCUT2D eigenvalue weighted by molar-refractivity contribution is 7.80. The Labute approximate surface area is 232 Å². The molecule has 0 atom stereocenters. The largest absolute Gasteiger partial charge is 0.457 e. The molecule has 4 N–H and O–H groups in total. The van der Waals surface area contributed by atoms with Crippen LogP contribution in [0.25, 0.3) is 10.9 Å². The molecule has 196 valence electrons. The number of anilines is 2. The summed E-state index contributed by atoms with van der Waals surface area (Å²) in [4.78, 5) is 17.0. The van der Waals surface area contributed by atoms with E-state index in [1.165, 1.54) is 10.9 Å². The molecule has 0 unspecified atom stereocenters. The van der Waals surface area contributed by atoms with Gasteiger partial charge in [-0.05, 0) is 86.6 Å². The predicted octanol–water partition coefficient (Wildman–Crippen LogP) is 6.36. The fourth-order valence-electron chi connectivity index (χ4n) is 4.13. The third-order valence-corrected chi connectivity index (χ3v) is 6.07. The summed E-state index contributed by atoms with van der Waals surface area (Å²) in [6.07, 6.45) is 2.79. The topological polar surface area (TPSA) is 99.2 Å². The number of aliphatic imine (C=N–C) groups is 1. The summed E-state index contributed by atoms with van der Waals surface area (Å²) >= 11 is 5.59. The number of aryl methyl sites for hydroxylation is 2. The van der Waals surface area contributed by atoms with Crippen LogP contribution < -0.4 is 20.7 Å². The minimum atomic E-state index is 0.384. The maximum Gasteiger partial charge on any atom is 0.229 e. The summed E-state index contributed by atoms with van der Waals surface area (Å²) in [6.45, 7) is 4.40. The monoisotopic (exact) mass is 535 g/mol. The van der Waals surface area contributed by atoms with Gasteiger partial charge in [-0.2, -0.15) is 0 Å². The average Bonchev–Trinajstić information content (AvgIpc) is 3.33. The van der Waals surface area contributed by atoms with E-state index in [0.29, 0.717) is 23.6 Å². The van der Waals surface area contributed by atoms with Gasteiger partial charge in [-0.1, -0.05) is 36.4 Å². The van der Waals surface area contributed by atoms with E-state index in [2.05, 4.69) is 43.0 Å². The van der Waals surface area contributed by atoms with E-state index < -0.39 is 0 Å². The van der Waals surface area contributed by atoms with Crippen LogP contribution in [-0.4, -0.2) is 32.6 Å². The number of para-hydroxylation sites is 2. The summed E-state index contributed by atoms with van der Waals surface area (Å²) in [7, 11) is 0. The molecule has 0 aliphatic rings. The number of hydrogen-bond donors (Lipinski definition) is 4. The van der Waals surface area contributed by atoms with Gasteiger partial charge in [-0.15, -0.1) is 0 Å². The van der Waals surface area contributed by atoms with Crippen LogP contribution in [0.3, 0.4) is 0 Å². The standard InChI is InChI=1S/C30H29N7OS/c1-20-18-21(2)34-29(33-20)36-28(31-17-16-22-19-32-27-11-7-6-10-26(22)27)37-30(39)35-23-12-14-25(15-13-23)38-24-8-4-3-5-9-24/h3-15,18-19,32H,16-17H2,1-2H3,(H3,31,33,34,35,36,37,39). The van der Waals surface area contributed by atoms with Crippen molar-refractivity contribution in [1.29, 1.82) is 0 Å². The Morgan fingerprint density at radius 3 is 2.33 bits per heavy atom. The van der Waals surface area contributed by atoms with Crippen LogP contribution in [0.5, 0.6) is 11.5 Å². The van der Waals surface area contributed by atoms with Gasteiger partial charge < -0.3 is 20.4 Å². The molecule has 8 nitrogen and oxygen atoms in total. The minimum Gasteiger partial charge on any atom is -0.457 e. The van der Waals surface area contributed by atoms with Crippen LogP contribution in [0.4, 0.5) is 11.6 Å².